The van der Waals surface area contributed by atoms with E-state index in [9.17, 15) is 30.0 Å². The van der Waals surface area contributed by atoms with Crippen LogP contribution >= 0.6 is 0 Å². The van der Waals surface area contributed by atoms with Crippen molar-refractivity contribution in [1.29, 1.82) is 0 Å². The standard InChI is InChI=1S/C16H14O6/c1-7-10(18)5-6-11(19)13(7)16(22)14-12(20)4-3-9(8(2)17)15(14)21/h3-6,18-21H,1-2H3. The Balaban J connectivity index is 2.73. The molecule has 4 N–H and O–H groups in total. The highest BCUT2D eigenvalue weighted by Gasteiger charge is 2.26. The Kier molecular flexibility index (Phi) is 3.77. The van der Waals surface area contributed by atoms with E-state index in [0.717, 1.165) is 12.1 Å². The second-order valence-corrected chi connectivity index (χ2v) is 4.84. The third-order valence-corrected chi connectivity index (χ3v) is 3.40. The largest absolute Gasteiger partial charge is 0.508 e. The monoisotopic (exact) mass is 302 g/mol. The van der Waals surface area contributed by atoms with E-state index < -0.39 is 34.4 Å². The van der Waals surface area contributed by atoms with Gasteiger partial charge in [-0.3, -0.25) is 9.59 Å². The van der Waals surface area contributed by atoms with Crippen molar-refractivity contribution in [1.82, 2.24) is 0 Å². The number of hydrogen-bond acceptors (Lipinski definition) is 6. The molecule has 0 heterocycles. The Morgan fingerprint density at radius 2 is 1.32 bits per heavy atom. The highest BCUT2D eigenvalue weighted by atomic mass is 16.3. The lowest BCUT2D eigenvalue weighted by molar-refractivity contribution is 0.101. The van der Waals surface area contributed by atoms with Crippen molar-refractivity contribution in [2.45, 2.75) is 13.8 Å². The molecule has 0 spiro atoms. The highest BCUT2D eigenvalue weighted by Crippen LogP contribution is 2.37. The predicted octanol–water partition coefficient (Wildman–Crippen LogP) is 2.25. The zero-order valence-electron chi connectivity index (χ0n) is 11.9. The maximum Gasteiger partial charge on any atom is 0.204 e. The number of benzene rings is 2. The number of phenolic OH excluding ortho intramolecular Hbond substituents is 4. The average Bonchev–Trinajstić information content (AvgIpc) is 2.43. The van der Waals surface area contributed by atoms with Crippen LogP contribution in [0.3, 0.4) is 0 Å². The van der Waals surface area contributed by atoms with Gasteiger partial charge in [0.05, 0.1) is 11.1 Å². The minimum absolute atomic E-state index is 0.0945. The van der Waals surface area contributed by atoms with Gasteiger partial charge in [-0.1, -0.05) is 0 Å². The van der Waals surface area contributed by atoms with Gasteiger partial charge in [0.2, 0.25) is 5.78 Å². The number of carbonyl (C=O) groups is 2. The molecule has 0 aromatic heterocycles. The van der Waals surface area contributed by atoms with Gasteiger partial charge in [0.15, 0.2) is 5.78 Å². The van der Waals surface area contributed by atoms with E-state index in [4.69, 9.17) is 0 Å². The molecule has 114 valence electrons. The molecule has 0 unspecified atom stereocenters. The first kappa shape index (κ1) is 15.4. The quantitative estimate of drug-likeness (QED) is 0.510. The van der Waals surface area contributed by atoms with E-state index in [1.807, 2.05) is 0 Å². The maximum atomic E-state index is 12.6. The van der Waals surface area contributed by atoms with Gasteiger partial charge in [0, 0.05) is 5.56 Å². The normalized spacial score (nSPS) is 10.5. The molecule has 2 aromatic rings. The molecular weight excluding hydrogens is 288 g/mol. The van der Waals surface area contributed by atoms with Crippen molar-refractivity contribution in [3.8, 4) is 23.0 Å². The zero-order valence-corrected chi connectivity index (χ0v) is 11.9. The van der Waals surface area contributed by atoms with Crippen molar-refractivity contribution >= 4 is 11.6 Å². The topological polar surface area (TPSA) is 115 Å². The third-order valence-electron chi connectivity index (χ3n) is 3.40. The third kappa shape index (κ3) is 2.35. The summed E-state index contributed by atoms with van der Waals surface area (Å²) in [6.45, 7) is 2.61. The van der Waals surface area contributed by atoms with E-state index >= 15 is 0 Å². The molecule has 0 aliphatic carbocycles. The number of aromatic hydroxyl groups is 4. The van der Waals surface area contributed by atoms with E-state index in [0.29, 0.717) is 0 Å². The van der Waals surface area contributed by atoms with Crippen LogP contribution in [0, 0.1) is 6.92 Å². The molecule has 6 heteroatoms. The van der Waals surface area contributed by atoms with Crippen LogP contribution in [0.4, 0.5) is 0 Å². The molecule has 0 saturated carbocycles. The lowest BCUT2D eigenvalue weighted by Crippen LogP contribution is -2.07. The number of rotatable bonds is 3. The Hall–Kier alpha value is -3.02. The lowest BCUT2D eigenvalue weighted by Gasteiger charge is -2.13. The van der Waals surface area contributed by atoms with Crippen LogP contribution in [-0.2, 0) is 0 Å². The summed E-state index contributed by atoms with van der Waals surface area (Å²) >= 11 is 0. The number of hydrogen-bond donors (Lipinski definition) is 4. The molecule has 0 aliphatic heterocycles. The molecule has 0 fully saturated rings. The number of phenols is 4. The predicted molar refractivity (Wildman–Crippen MR) is 77.7 cm³/mol. The van der Waals surface area contributed by atoms with Gasteiger partial charge in [-0.15, -0.1) is 0 Å². The molecule has 0 atom stereocenters. The summed E-state index contributed by atoms with van der Waals surface area (Å²) in [5.41, 5.74) is -0.793. The van der Waals surface area contributed by atoms with Gasteiger partial charge in [-0.05, 0) is 38.1 Å². The van der Waals surface area contributed by atoms with E-state index in [2.05, 4.69) is 0 Å². The number of carbonyl (C=O) groups excluding carboxylic acids is 2. The van der Waals surface area contributed by atoms with Crippen LogP contribution in [0.5, 0.6) is 23.0 Å². The summed E-state index contributed by atoms with van der Waals surface area (Å²) in [5.74, 6) is -3.21. The minimum Gasteiger partial charge on any atom is -0.508 e. The minimum atomic E-state index is -0.899. The fraction of sp³-hybridized carbons (Fsp3) is 0.125. The van der Waals surface area contributed by atoms with Crippen molar-refractivity contribution in [2.75, 3.05) is 0 Å². The fourth-order valence-corrected chi connectivity index (χ4v) is 2.19. The first-order chi connectivity index (χ1) is 10.3. The fourth-order valence-electron chi connectivity index (χ4n) is 2.19. The first-order valence-electron chi connectivity index (χ1n) is 6.37. The maximum absolute atomic E-state index is 12.6. The summed E-state index contributed by atoms with van der Waals surface area (Å²) in [6, 6.07) is 4.64. The van der Waals surface area contributed by atoms with Crippen LogP contribution in [0.2, 0.25) is 0 Å². The smallest absolute Gasteiger partial charge is 0.204 e. The molecule has 0 radical (unpaired) electrons. The lowest BCUT2D eigenvalue weighted by atomic mass is 9.94. The average molecular weight is 302 g/mol. The zero-order chi connectivity index (χ0) is 16.6. The second-order valence-electron chi connectivity index (χ2n) is 4.84. The van der Waals surface area contributed by atoms with Gasteiger partial charge in [-0.25, -0.2) is 0 Å². The summed E-state index contributed by atoms with van der Waals surface area (Å²) in [7, 11) is 0. The van der Waals surface area contributed by atoms with E-state index in [1.165, 1.54) is 26.0 Å². The van der Waals surface area contributed by atoms with Gasteiger partial charge < -0.3 is 20.4 Å². The second kappa shape index (κ2) is 5.40. The highest BCUT2D eigenvalue weighted by molar-refractivity contribution is 6.16. The molecule has 0 amide bonds. The van der Waals surface area contributed by atoms with Crippen LogP contribution < -0.4 is 0 Å². The summed E-state index contributed by atoms with van der Waals surface area (Å²) in [4.78, 5) is 24.0. The van der Waals surface area contributed by atoms with Crippen molar-refractivity contribution in [3.63, 3.8) is 0 Å². The molecule has 0 saturated heterocycles. The molecule has 22 heavy (non-hydrogen) atoms. The molecule has 2 rings (SSSR count). The molecule has 2 aromatic carbocycles. The van der Waals surface area contributed by atoms with Crippen molar-refractivity contribution in [2.24, 2.45) is 0 Å². The Bertz CT molecular complexity index is 792. The van der Waals surface area contributed by atoms with Gasteiger partial charge >= 0.3 is 0 Å². The molecular formula is C16H14O6. The SMILES string of the molecule is CC(=O)c1ccc(O)c(C(=O)c2c(O)ccc(O)c2C)c1O. The van der Waals surface area contributed by atoms with Gasteiger partial charge in [-0.2, -0.15) is 0 Å². The van der Waals surface area contributed by atoms with Crippen LogP contribution in [0.25, 0.3) is 0 Å². The van der Waals surface area contributed by atoms with Gasteiger partial charge in [0.25, 0.3) is 0 Å². The summed E-state index contributed by atoms with van der Waals surface area (Å²) < 4.78 is 0. The van der Waals surface area contributed by atoms with Crippen LogP contribution in [0.1, 0.15) is 38.8 Å². The van der Waals surface area contributed by atoms with E-state index in [-0.39, 0.29) is 22.4 Å². The molecule has 0 aliphatic rings. The van der Waals surface area contributed by atoms with Crippen LogP contribution in [-0.4, -0.2) is 32.0 Å². The first-order valence-corrected chi connectivity index (χ1v) is 6.37. The van der Waals surface area contributed by atoms with Crippen molar-refractivity contribution < 1.29 is 30.0 Å². The van der Waals surface area contributed by atoms with E-state index in [1.54, 1.807) is 0 Å². The number of Topliss-reactive ketones (excluding diaryl/α,β-unsaturated/α-hetero) is 1. The number of ketones is 2. The summed E-state index contributed by atoms with van der Waals surface area (Å²) in [6.07, 6.45) is 0. The Morgan fingerprint density at radius 1 is 0.818 bits per heavy atom. The van der Waals surface area contributed by atoms with Crippen molar-refractivity contribution in [3.05, 3.63) is 46.5 Å². The Labute approximate surface area is 125 Å². The van der Waals surface area contributed by atoms with Gasteiger partial charge in [0.1, 0.15) is 28.6 Å². The molecule has 0 bridgehead atoms. The molecule has 6 nitrogen and oxygen atoms in total. The Morgan fingerprint density at radius 3 is 1.91 bits per heavy atom. The van der Waals surface area contributed by atoms with Crippen LogP contribution in [0.15, 0.2) is 24.3 Å². The summed E-state index contributed by atoms with van der Waals surface area (Å²) in [5, 5.41) is 39.4.